The second-order valence-corrected chi connectivity index (χ2v) is 7.48. The Morgan fingerprint density at radius 3 is 2.56 bits per heavy atom. The summed E-state index contributed by atoms with van der Waals surface area (Å²) in [5.74, 6) is -1.12. The molecule has 0 aliphatic carbocycles. The van der Waals surface area contributed by atoms with Gasteiger partial charge in [-0.3, -0.25) is 9.59 Å². The molecular formula is C15H11F3N2O4S. The van der Waals surface area contributed by atoms with Crippen molar-refractivity contribution in [3.05, 3.63) is 57.2 Å². The van der Waals surface area contributed by atoms with Crippen molar-refractivity contribution in [2.45, 2.75) is 12.2 Å². The van der Waals surface area contributed by atoms with Gasteiger partial charge in [0, 0.05) is 10.9 Å². The quantitative estimate of drug-likeness (QED) is 0.837. The lowest BCUT2D eigenvalue weighted by molar-refractivity contribution is -0.137. The SMILES string of the molecule is O=C(N[C@@H]1C=CS(=O)(=O)C1)c1cc2ccc(C(F)(F)F)cc2[nH]c1=O. The van der Waals surface area contributed by atoms with Crippen LogP contribution < -0.4 is 10.9 Å². The average Bonchev–Trinajstić information content (AvgIpc) is 2.83. The zero-order valence-corrected chi connectivity index (χ0v) is 13.2. The van der Waals surface area contributed by atoms with E-state index >= 15 is 0 Å². The molecule has 0 radical (unpaired) electrons. The van der Waals surface area contributed by atoms with E-state index in [4.69, 9.17) is 0 Å². The number of aromatic amines is 1. The molecule has 1 aromatic carbocycles. The highest BCUT2D eigenvalue weighted by atomic mass is 32.2. The normalized spacial score (nSPS) is 19.2. The molecule has 0 saturated heterocycles. The van der Waals surface area contributed by atoms with E-state index in [9.17, 15) is 31.2 Å². The summed E-state index contributed by atoms with van der Waals surface area (Å²) in [6.07, 6.45) is -3.26. The molecular weight excluding hydrogens is 361 g/mol. The van der Waals surface area contributed by atoms with Gasteiger partial charge in [0.05, 0.1) is 17.4 Å². The van der Waals surface area contributed by atoms with Crippen LogP contribution in [0.2, 0.25) is 0 Å². The number of H-pyrrole nitrogens is 1. The van der Waals surface area contributed by atoms with Crippen LogP contribution >= 0.6 is 0 Å². The summed E-state index contributed by atoms with van der Waals surface area (Å²) >= 11 is 0. The maximum Gasteiger partial charge on any atom is 0.416 e. The van der Waals surface area contributed by atoms with Gasteiger partial charge in [-0.25, -0.2) is 8.42 Å². The number of aromatic nitrogens is 1. The number of fused-ring (bicyclic) bond motifs is 1. The molecule has 0 fully saturated rings. The average molecular weight is 372 g/mol. The fourth-order valence-electron chi connectivity index (χ4n) is 2.46. The topological polar surface area (TPSA) is 96.1 Å². The Balaban J connectivity index is 1.92. The largest absolute Gasteiger partial charge is 0.416 e. The smallest absolute Gasteiger partial charge is 0.345 e. The fraction of sp³-hybridized carbons (Fsp3) is 0.200. The van der Waals surface area contributed by atoms with Gasteiger partial charge in [0.1, 0.15) is 5.56 Å². The molecule has 0 spiro atoms. The number of hydrogen-bond acceptors (Lipinski definition) is 4. The standard InChI is InChI=1S/C15H11F3N2O4S/c16-15(17,18)9-2-1-8-5-11(14(22)20-12(8)6-9)13(21)19-10-3-4-25(23,24)7-10/h1-6,10H,7H2,(H,19,21)(H,20,22)/t10-/m1/s1. The Morgan fingerprint density at radius 2 is 1.96 bits per heavy atom. The summed E-state index contributed by atoms with van der Waals surface area (Å²) in [5.41, 5.74) is -2.16. The third-order valence-electron chi connectivity index (χ3n) is 3.66. The van der Waals surface area contributed by atoms with Crippen LogP contribution in [-0.2, 0) is 16.0 Å². The Morgan fingerprint density at radius 1 is 1.24 bits per heavy atom. The molecule has 0 saturated carbocycles. The van der Waals surface area contributed by atoms with E-state index in [2.05, 4.69) is 10.3 Å². The van der Waals surface area contributed by atoms with Gasteiger partial charge in [0.2, 0.25) is 0 Å². The summed E-state index contributed by atoms with van der Waals surface area (Å²) in [7, 11) is -3.37. The van der Waals surface area contributed by atoms with E-state index in [0.717, 1.165) is 29.7 Å². The molecule has 0 bridgehead atoms. The summed E-state index contributed by atoms with van der Waals surface area (Å²) in [4.78, 5) is 26.4. The first kappa shape index (κ1) is 17.2. The number of carbonyl (C=O) groups excluding carboxylic acids is 1. The van der Waals surface area contributed by atoms with Crippen molar-refractivity contribution in [1.29, 1.82) is 0 Å². The second-order valence-electron chi connectivity index (χ2n) is 5.55. The molecule has 132 valence electrons. The highest BCUT2D eigenvalue weighted by Crippen LogP contribution is 2.30. The van der Waals surface area contributed by atoms with Crippen molar-refractivity contribution < 1.29 is 26.4 Å². The molecule has 10 heteroatoms. The molecule has 2 N–H and O–H groups in total. The minimum atomic E-state index is -4.55. The van der Waals surface area contributed by atoms with Crippen molar-refractivity contribution in [1.82, 2.24) is 10.3 Å². The number of rotatable bonds is 2. The van der Waals surface area contributed by atoms with E-state index < -0.39 is 39.1 Å². The van der Waals surface area contributed by atoms with E-state index in [1.807, 2.05) is 0 Å². The van der Waals surface area contributed by atoms with Crippen LogP contribution in [0.4, 0.5) is 13.2 Å². The monoisotopic (exact) mass is 372 g/mol. The summed E-state index contributed by atoms with van der Waals surface area (Å²) in [6.45, 7) is 0. The molecule has 0 unspecified atom stereocenters. The van der Waals surface area contributed by atoms with E-state index in [1.54, 1.807) is 0 Å². The number of alkyl halides is 3. The van der Waals surface area contributed by atoms with Crippen molar-refractivity contribution in [2.24, 2.45) is 0 Å². The summed E-state index contributed by atoms with van der Waals surface area (Å²) in [5, 5.41) is 3.60. The molecule has 6 nitrogen and oxygen atoms in total. The van der Waals surface area contributed by atoms with Crippen LogP contribution in [-0.4, -0.2) is 31.1 Å². The lowest BCUT2D eigenvalue weighted by atomic mass is 10.1. The van der Waals surface area contributed by atoms with Gasteiger partial charge in [-0.05, 0) is 29.7 Å². The van der Waals surface area contributed by atoms with Crippen molar-refractivity contribution >= 4 is 26.6 Å². The zero-order valence-electron chi connectivity index (χ0n) is 12.4. The second kappa shape index (κ2) is 5.73. The minimum absolute atomic E-state index is 0.0558. The van der Waals surface area contributed by atoms with Gasteiger partial charge in [0.25, 0.3) is 11.5 Å². The summed E-state index contributed by atoms with van der Waals surface area (Å²) in [6, 6.07) is 3.17. The van der Waals surface area contributed by atoms with Crippen LogP contribution in [0.5, 0.6) is 0 Å². The van der Waals surface area contributed by atoms with Crippen molar-refractivity contribution in [2.75, 3.05) is 5.75 Å². The van der Waals surface area contributed by atoms with Crippen LogP contribution in [0, 0.1) is 0 Å². The van der Waals surface area contributed by atoms with Gasteiger partial charge >= 0.3 is 6.18 Å². The number of pyridine rings is 1. The number of carbonyl (C=O) groups is 1. The van der Waals surface area contributed by atoms with Gasteiger partial charge in [0.15, 0.2) is 9.84 Å². The molecule has 2 heterocycles. The predicted octanol–water partition coefficient (Wildman–Crippen LogP) is 1.59. The lowest BCUT2D eigenvalue weighted by Crippen LogP contribution is -2.38. The summed E-state index contributed by atoms with van der Waals surface area (Å²) < 4.78 is 60.7. The molecule has 1 aliphatic rings. The van der Waals surface area contributed by atoms with Crippen molar-refractivity contribution in [3.8, 4) is 0 Å². The first-order valence-corrected chi connectivity index (χ1v) is 8.73. The van der Waals surface area contributed by atoms with Gasteiger partial charge in [-0.15, -0.1) is 0 Å². The van der Waals surface area contributed by atoms with Gasteiger partial charge in [-0.1, -0.05) is 6.07 Å². The van der Waals surface area contributed by atoms with Crippen LogP contribution in [0.25, 0.3) is 10.9 Å². The molecule has 3 rings (SSSR count). The van der Waals surface area contributed by atoms with E-state index in [-0.39, 0.29) is 22.2 Å². The van der Waals surface area contributed by atoms with Crippen LogP contribution in [0.15, 0.2) is 40.5 Å². The van der Waals surface area contributed by atoms with E-state index in [1.165, 1.54) is 6.08 Å². The Labute approximate surface area is 139 Å². The Bertz CT molecular complexity index is 1050. The Hall–Kier alpha value is -2.62. The molecule has 1 aliphatic heterocycles. The van der Waals surface area contributed by atoms with Crippen LogP contribution in [0.1, 0.15) is 15.9 Å². The highest BCUT2D eigenvalue weighted by Gasteiger charge is 2.30. The molecule has 25 heavy (non-hydrogen) atoms. The van der Waals surface area contributed by atoms with Crippen LogP contribution in [0.3, 0.4) is 0 Å². The highest BCUT2D eigenvalue weighted by molar-refractivity contribution is 7.94. The number of amides is 1. The third-order valence-corrected chi connectivity index (χ3v) is 5.06. The lowest BCUT2D eigenvalue weighted by Gasteiger charge is -2.11. The first-order chi connectivity index (χ1) is 11.5. The fourth-order valence-corrected chi connectivity index (χ4v) is 3.69. The maximum absolute atomic E-state index is 12.7. The number of halogens is 3. The number of benzene rings is 1. The maximum atomic E-state index is 12.7. The third kappa shape index (κ3) is 3.58. The van der Waals surface area contributed by atoms with Crippen molar-refractivity contribution in [3.63, 3.8) is 0 Å². The molecule has 2 aromatic rings. The van der Waals surface area contributed by atoms with E-state index in [0.29, 0.717) is 0 Å². The number of nitrogens with one attached hydrogen (secondary N) is 2. The first-order valence-electron chi connectivity index (χ1n) is 7.01. The number of sulfone groups is 1. The predicted molar refractivity (Wildman–Crippen MR) is 83.8 cm³/mol. The molecule has 1 amide bonds. The van der Waals surface area contributed by atoms with Gasteiger partial charge < -0.3 is 10.3 Å². The Kier molecular flexibility index (Phi) is 3.94. The number of hydrogen-bond donors (Lipinski definition) is 2. The zero-order chi connectivity index (χ0) is 18.4. The molecule has 1 atom stereocenters. The molecule has 1 aromatic heterocycles. The minimum Gasteiger partial charge on any atom is -0.345 e. The van der Waals surface area contributed by atoms with Gasteiger partial charge in [-0.2, -0.15) is 13.2 Å².